The number of thiocarbonyl (C=S) groups is 1. The van der Waals surface area contributed by atoms with Crippen molar-refractivity contribution in [1.82, 2.24) is 10.6 Å². The molecule has 0 unspecified atom stereocenters. The van der Waals surface area contributed by atoms with E-state index in [4.69, 9.17) is 23.8 Å². The predicted molar refractivity (Wildman–Crippen MR) is 102 cm³/mol. The van der Waals surface area contributed by atoms with Crippen LogP contribution in [0.1, 0.15) is 6.92 Å². The first-order valence-corrected chi connectivity index (χ1v) is 8.23. The third-order valence-corrected chi connectivity index (χ3v) is 4.24. The highest BCUT2D eigenvalue weighted by atomic mass is 35.5. The highest BCUT2D eigenvalue weighted by Crippen LogP contribution is 2.24. The number of benzene rings is 2. The van der Waals surface area contributed by atoms with Crippen molar-refractivity contribution in [2.24, 2.45) is 0 Å². The first kappa shape index (κ1) is 16.5. The first-order valence-electron chi connectivity index (χ1n) is 7.45. The summed E-state index contributed by atoms with van der Waals surface area (Å²) in [4.78, 5) is 12.4. The number of amides is 1. The van der Waals surface area contributed by atoms with E-state index in [1.807, 2.05) is 55.5 Å². The minimum absolute atomic E-state index is 0.148. The second-order valence-electron chi connectivity index (χ2n) is 5.45. The van der Waals surface area contributed by atoms with Crippen LogP contribution in [-0.2, 0) is 4.79 Å². The van der Waals surface area contributed by atoms with Crippen molar-refractivity contribution in [3.63, 3.8) is 0 Å². The number of hydrogen-bond donors (Lipinski definition) is 3. The number of carbonyl (C=O) groups is 1. The molecule has 24 heavy (non-hydrogen) atoms. The lowest BCUT2D eigenvalue weighted by molar-refractivity contribution is -0.113. The van der Waals surface area contributed by atoms with Crippen molar-refractivity contribution in [2.75, 3.05) is 11.9 Å². The molecule has 1 aliphatic rings. The lowest BCUT2D eigenvalue weighted by atomic mass is 10.1. The Bertz CT molecular complexity index is 830. The zero-order valence-electron chi connectivity index (χ0n) is 13.0. The quantitative estimate of drug-likeness (QED) is 0.733. The Kier molecular flexibility index (Phi) is 4.83. The van der Waals surface area contributed by atoms with E-state index in [1.54, 1.807) is 0 Å². The lowest BCUT2D eigenvalue weighted by Crippen LogP contribution is -2.43. The van der Waals surface area contributed by atoms with Gasteiger partial charge in [0.1, 0.15) is 0 Å². The summed E-state index contributed by atoms with van der Waals surface area (Å²) in [5.41, 5.74) is 4.22. The highest BCUT2D eigenvalue weighted by molar-refractivity contribution is 7.80. The standard InChI is InChI=1S/C18H16ClN3OS/c1-11-16(10-20-18(24)21-11)17(23)22-15-7-5-12(6-8-15)13-3-2-4-14(19)9-13/h2-9H,10H2,1H3,(H,22,23)(H2,20,21,24). The Morgan fingerprint density at radius 1 is 1.17 bits per heavy atom. The van der Waals surface area contributed by atoms with E-state index in [9.17, 15) is 4.79 Å². The fourth-order valence-electron chi connectivity index (χ4n) is 2.46. The second kappa shape index (κ2) is 7.03. The number of carbonyl (C=O) groups excluding carboxylic acids is 1. The molecule has 3 rings (SSSR count). The number of allylic oxidation sites excluding steroid dienone is 1. The van der Waals surface area contributed by atoms with Crippen LogP contribution in [0.15, 0.2) is 59.8 Å². The molecule has 1 heterocycles. The Hall–Kier alpha value is -2.37. The largest absolute Gasteiger partial charge is 0.358 e. The molecule has 6 heteroatoms. The molecule has 0 fully saturated rings. The molecule has 122 valence electrons. The first-order chi connectivity index (χ1) is 11.5. The fraction of sp³-hybridized carbons (Fsp3) is 0.111. The summed E-state index contributed by atoms with van der Waals surface area (Å²) in [5.74, 6) is -0.148. The smallest absolute Gasteiger partial charge is 0.255 e. The van der Waals surface area contributed by atoms with Crippen LogP contribution >= 0.6 is 23.8 Å². The van der Waals surface area contributed by atoms with Gasteiger partial charge in [-0.3, -0.25) is 4.79 Å². The highest BCUT2D eigenvalue weighted by Gasteiger charge is 2.18. The molecule has 2 aromatic carbocycles. The molecule has 3 N–H and O–H groups in total. The van der Waals surface area contributed by atoms with Gasteiger partial charge in [0, 0.05) is 23.0 Å². The summed E-state index contributed by atoms with van der Waals surface area (Å²) in [6.07, 6.45) is 0. The fourth-order valence-corrected chi connectivity index (χ4v) is 2.88. The van der Waals surface area contributed by atoms with Crippen molar-refractivity contribution in [1.29, 1.82) is 0 Å². The van der Waals surface area contributed by atoms with E-state index >= 15 is 0 Å². The minimum Gasteiger partial charge on any atom is -0.358 e. The summed E-state index contributed by atoms with van der Waals surface area (Å²) in [6, 6.07) is 15.3. The van der Waals surface area contributed by atoms with Gasteiger partial charge in [-0.1, -0.05) is 35.9 Å². The number of hydrogen-bond acceptors (Lipinski definition) is 2. The number of anilines is 1. The van der Waals surface area contributed by atoms with E-state index in [1.165, 1.54) is 0 Å². The predicted octanol–water partition coefficient (Wildman–Crippen LogP) is 3.70. The molecule has 0 bridgehead atoms. The summed E-state index contributed by atoms with van der Waals surface area (Å²) < 4.78 is 0. The number of nitrogens with one attached hydrogen (secondary N) is 3. The molecule has 0 saturated heterocycles. The van der Waals surface area contributed by atoms with Gasteiger partial charge in [-0.2, -0.15) is 0 Å². The van der Waals surface area contributed by atoms with Crippen molar-refractivity contribution in [3.8, 4) is 11.1 Å². The van der Waals surface area contributed by atoms with Crippen LogP contribution in [0.4, 0.5) is 5.69 Å². The molecular weight excluding hydrogens is 342 g/mol. The summed E-state index contributed by atoms with van der Waals surface area (Å²) in [6.45, 7) is 2.26. The van der Waals surface area contributed by atoms with Crippen LogP contribution in [0.3, 0.4) is 0 Å². The summed E-state index contributed by atoms with van der Waals surface area (Å²) in [5, 5.41) is 10.0. The number of rotatable bonds is 3. The van der Waals surface area contributed by atoms with Crippen LogP contribution in [0.2, 0.25) is 5.02 Å². The van der Waals surface area contributed by atoms with Gasteiger partial charge < -0.3 is 16.0 Å². The topological polar surface area (TPSA) is 53.2 Å². The molecule has 0 aliphatic carbocycles. The van der Waals surface area contributed by atoms with E-state index in [0.29, 0.717) is 22.3 Å². The van der Waals surface area contributed by atoms with Gasteiger partial charge in [-0.25, -0.2) is 0 Å². The van der Waals surface area contributed by atoms with Gasteiger partial charge in [0.15, 0.2) is 5.11 Å². The molecular formula is C18H16ClN3OS. The average molecular weight is 358 g/mol. The lowest BCUT2D eigenvalue weighted by Gasteiger charge is -2.21. The van der Waals surface area contributed by atoms with E-state index in [-0.39, 0.29) is 5.91 Å². The Morgan fingerprint density at radius 3 is 2.58 bits per heavy atom. The third-order valence-electron chi connectivity index (χ3n) is 3.75. The monoisotopic (exact) mass is 357 g/mol. The molecule has 0 radical (unpaired) electrons. The zero-order valence-corrected chi connectivity index (χ0v) is 14.6. The van der Waals surface area contributed by atoms with Crippen LogP contribution in [0.25, 0.3) is 11.1 Å². The minimum atomic E-state index is -0.148. The maximum Gasteiger partial charge on any atom is 0.255 e. The van der Waals surface area contributed by atoms with Crippen molar-refractivity contribution in [2.45, 2.75) is 6.92 Å². The van der Waals surface area contributed by atoms with Gasteiger partial charge in [0.2, 0.25) is 0 Å². The van der Waals surface area contributed by atoms with Crippen LogP contribution in [-0.4, -0.2) is 17.6 Å². The van der Waals surface area contributed by atoms with Crippen LogP contribution in [0, 0.1) is 0 Å². The van der Waals surface area contributed by atoms with Gasteiger partial charge in [-0.15, -0.1) is 0 Å². The third kappa shape index (κ3) is 3.75. The van der Waals surface area contributed by atoms with Crippen LogP contribution < -0.4 is 16.0 Å². The summed E-state index contributed by atoms with van der Waals surface area (Å²) >= 11 is 11.0. The molecule has 2 aromatic rings. The van der Waals surface area contributed by atoms with Crippen molar-refractivity contribution < 1.29 is 4.79 Å². The molecule has 1 aliphatic heterocycles. The summed E-state index contributed by atoms with van der Waals surface area (Å²) in [7, 11) is 0. The maximum atomic E-state index is 12.4. The van der Waals surface area contributed by atoms with Crippen molar-refractivity contribution in [3.05, 3.63) is 64.8 Å². The molecule has 1 amide bonds. The molecule has 4 nitrogen and oxygen atoms in total. The zero-order chi connectivity index (χ0) is 17.1. The number of halogens is 1. The second-order valence-corrected chi connectivity index (χ2v) is 6.30. The normalized spacial score (nSPS) is 14.0. The van der Waals surface area contributed by atoms with Gasteiger partial charge in [-0.05, 0) is 54.5 Å². The SMILES string of the molecule is CC1=C(C(=O)Nc2ccc(-c3cccc(Cl)c3)cc2)CNC(=S)N1. The van der Waals surface area contributed by atoms with Crippen molar-refractivity contribution >= 4 is 40.5 Å². The average Bonchev–Trinajstić information content (AvgIpc) is 2.55. The Balaban J connectivity index is 1.74. The molecule has 0 aromatic heterocycles. The molecule has 0 saturated carbocycles. The Morgan fingerprint density at radius 2 is 1.92 bits per heavy atom. The Labute approximate surface area is 150 Å². The maximum absolute atomic E-state index is 12.4. The van der Waals surface area contributed by atoms with E-state index < -0.39 is 0 Å². The van der Waals surface area contributed by atoms with Crippen LogP contribution in [0.5, 0.6) is 0 Å². The van der Waals surface area contributed by atoms with Gasteiger partial charge >= 0.3 is 0 Å². The molecule has 0 atom stereocenters. The van der Waals surface area contributed by atoms with Gasteiger partial charge in [0.05, 0.1) is 5.57 Å². The van der Waals surface area contributed by atoms with E-state index in [0.717, 1.165) is 22.5 Å². The van der Waals surface area contributed by atoms with E-state index in [2.05, 4.69) is 16.0 Å². The van der Waals surface area contributed by atoms with Gasteiger partial charge in [0.25, 0.3) is 5.91 Å². The molecule has 0 spiro atoms.